The summed E-state index contributed by atoms with van der Waals surface area (Å²) in [5.74, 6) is -0.0483. The van der Waals surface area contributed by atoms with Crippen LogP contribution in [0.5, 0.6) is 23.0 Å². The average molecular weight is 525 g/mol. The van der Waals surface area contributed by atoms with Crippen LogP contribution in [0.25, 0.3) is 0 Å². The second kappa shape index (κ2) is 13.5. The molecule has 0 unspecified atom stereocenters. The minimum Gasteiger partial charge on any atom is -0.496 e. The van der Waals surface area contributed by atoms with Crippen LogP contribution in [-0.4, -0.2) is 46.9 Å². The molecule has 0 saturated heterocycles. The second-order valence-electron chi connectivity index (χ2n) is 8.37. The fraction of sp³-hybridized carbons (Fsp3) is 0.310. The van der Waals surface area contributed by atoms with Crippen LogP contribution < -0.4 is 18.9 Å². The third kappa shape index (κ3) is 6.81. The summed E-state index contributed by atoms with van der Waals surface area (Å²) in [5.41, 5.74) is 3.15. The molecule has 0 aromatic heterocycles. The van der Waals surface area contributed by atoms with Crippen LogP contribution in [0.15, 0.2) is 48.5 Å². The maximum absolute atomic E-state index is 13.3. The van der Waals surface area contributed by atoms with Crippen molar-refractivity contribution in [2.24, 2.45) is 0 Å². The largest absolute Gasteiger partial charge is 0.496 e. The van der Waals surface area contributed by atoms with Crippen molar-refractivity contribution in [1.29, 1.82) is 0 Å². The molecule has 0 saturated carbocycles. The molecule has 3 aromatic rings. The summed E-state index contributed by atoms with van der Waals surface area (Å²) in [5, 5.41) is 0. The van der Waals surface area contributed by atoms with Crippen molar-refractivity contribution in [3.8, 4) is 23.0 Å². The fourth-order valence-electron chi connectivity index (χ4n) is 3.76. The Balaban J connectivity index is 1.90. The van der Waals surface area contributed by atoms with Crippen LogP contribution in [0.3, 0.4) is 0 Å². The van der Waals surface area contributed by atoms with E-state index in [2.05, 4.69) is 0 Å². The lowest BCUT2D eigenvalue weighted by Gasteiger charge is -2.19. The third-order valence-corrected chi connectivity index (χ3v) is 5.81. The maximum atomic E-state index is 13.3. The molecule has 38 heavy (non-hydrogen) atoms. The van der Waals surface area contributed by atoms with Crippen LogP contribution >= 0.6 is 0 Å². The zero-order chi connectivity index (χ0) is 27.7. The smallest absolute Gasteiger partial charge is 0.347 e. The highest BCUT2D eigenvalue weighted by Gasteiger charge is 2.25. The highest BCUT2D eigenvalue weighted by Crippen LogP contribution is 2.36. The summed E-state index contributed by atoms with van der Waals surface area (Å²) < 4.78 is 37.7. The van der Waals surface area contributed by atoms with E-state index in [9.17, 15) is 9.59 Å². The molecule has 0 radical (unpaired) electrons. The zero-order valence-electron chi connectivity index (χ0n) is 22.4. The normalized spacial score (nSPS) is 10.6. The first kappa shape index (κ1) is 28.5. The van der Waals surface area contributed by atoms with Gasteiger partial charge in [0.05, 0.1) is 7.11 Å². The van der Waals surface area contributed by atoms with Gasteiger partial charge in [0.1, 0.15) is 40.7 Å². The van der Waals surface area contributed by atoms with E-state index in [1.54, 1.807) is 32.9 Å². The summed E-state index contributed by atoms with van der Waals surface area (Å²) in [7, 11) is 4.33. The van der Waals surface area contributed by atoms with Crippen molar-refractivity contribution < 1.29 is 42.7 Å². The summed E-state index contributed by atoms with van der Waals surface area (Å²) >= 11 is 0. The molecule has 0 heterocycles. The summed E-state index contributed by atoms with van der Waals surface area (Å²) in [6.45, 7) is 5.24. The van der Waals surface area contributed by atoms with E-state index in [0.717, 1.165) is 5.56 Å². The lowest BCUT2D eigenvalue weighted by molar-refractivity contribution is -0.0133. The van der Waals surface area contributed by atoms with Crippen molar-refractivity contribution in [3.05, 3.63) is 81.9 Å². The molecule has 0 aliphatic carbocycles. The van der Waals surface area contributed by atoms with E-state index in [1.807, 2.05) is 30.3 Å². The Hall–Kier alpha value is -4.08. The quantitative estimate of drug-likeness (QED) is 0.181. The Morgan fingerprint density at radius 3 is 2.08 bits per heavy atom. The van der Waals surface area contributed by atoms with Gasteiger partial charge >= 0.3 is 11.9 Å². The number of methoxy groups -OCH3 is 3. The zero-order valence-corrected chi connectivity index (χ0v) is 22.4. The van der Waals surface area contributed by atoms with E-state index < -0.39 is 11.9 Å². The molecule has 9 heteroatoms. The van der Waals surface area contributed by atoms with Crippen LogP contribution in [-0.2, 0) is 20.8 Å². The first-order valence-corrected chi connectivity index (χ1v) is 11.8. The summed E-state index contributed by atoms with van der Waals surface area (Å²) in [6.07, 6.45) is 0. The molecule has 0 aliphatic rings. The van der Waals surface area contributed by atoms with Crippen molar-refractivity contribution in [3.63, 3.8) is 0 Å². The van der Waals surface area contributed by atoms with Crippen molar-refractivity contribution in [2.75, 3.05) is 34.9 Å². The summed E-state index contributed by atoms with van der Waals surface area (Å²) in [6, 6.07) is 14.6. The number of hydrogen-bond donors (Lipinski definition) is 0. The van der Waals surface area contributed by atoms with Crippen molar-refractivity contribution in [2.45, 2.75) is 27.4 Å². The van der Waals surface area contributed by atoms with Crippen LogP contribution in [0, 0.1) is 20.8 Å². The van der Waals surface area contributed by atoms with Gasteiger partial charge in [-0.2, -0.15) is 0 Å². The third-order valence-electron chi connectivity index (χ3n) is 5.81. The van der Waals surface area contributed by atoms with E-state index in [0.29, 0.717) is 34.8 Å². The van der Waals surface area contributed by atoms with Crippen molar-refractivity contribution in [1.82, 2.24) is 0 Å². The number of rotatable bonds is 12. The number of carbonyl (C=O) groups is 2. The van der Waals surface area contributed by atoms with E-state index in [4.69, 9.17) is 33.2 Å². The number of aryl methyl sites for hydroxylation is 1. The molecular formula is C29H32O9. The Labute approximate surface area is 222 Å². The van der Waals surface area contributed by atoms with E-state index >= 15 is 0 Å². The monoisotopic (exact) mass is 524 g/mol. The molecule has 0 N–H and O–H groups in total. The Morgan fingerprint density at radius 1 is 0.711 bits per heavy atom. The van der Waals surface area contributed by atoms with Gasteiger partial charge < -0.3 is 33.2 Å². The standard InChI is InChI=1S/C29H32O9/c1-18-12-22(35-15-21-10-8-7-9-11-21)13-24(34-6)26(18)29(31)38-23-14-25(36-16-32-4)27(20(3)19(23)2)28(30)37-17-33-5/h7-14H,15-17H2,1-6H3. The first-order valence-electron chi connectivity index (χ1n) is 11.8. The molecule has 202 valence electrons. The number of hydrogen-bond acceptors (Lipinski definition) is 9. The number of carbonyl (C=O) groups excluding carboxylic acids is 2. The molecule has 3 rings (SSSR count). The van der Waals surface area contributed by atoms with E-state index in [-0.39, 0.29) is 36.2 Å². The molecular weight excluding hydrogens is 492 g/mol. The van der Waals surface area contributed by atoms with Crippen LogP contribution in [0.1, 0.15) is 43.0 Å². The maximum Gasteiger partial charge on any atom is 0.347 e. The van der Waals surface area contributed by atoms with Crippen LogP contribution in [0.4, 0.5) is 0 Å². The van der Waals surface area contributed by atoms with Gasteiger partial charge in [-0.15, -0.1) is 0 Å². The van der Waals surface area contributed by atoms with Crippen LogP contribution in [0.2, 0.25) is 0 Å². The lowest BCUT2D eigenvalue weighted by Crippen LogP contribution is -2.16. The minimum atomic E-state index is -0.639. The highest BCUT2D eigenvalue weighted by atomic mass is 16.7. The van der Waals surface area contributed by atoms with Gasteiger partial charge in [0, 0.05) is 26.4 Å². The molecule has 0 aliphatic heterocycles. The predicted octanol–water partition coefficient (Wildman–Crippen LogP) is 5.16. The van der Waals surface area contributed by atoms with E-state index in [1.165, 1.54) is 27.4 Å². The van der Waals surface area contributed by atoms with Gasteiger partial charge in [-0.3, -0.25) is 0 Å². The fourth-order valence-corrected chi connectivity index (χ4v) is 3.76. The Kier molecular flexibility index (Phi) is 10.1. The van der Waals surface area contributed by atoms with Gasteiger partial charge in [-0.1, -0.05) is 30.3 Å². The molecule has 9 nitrogen and oxygen atoms in total. The molecule has 0 fully saturated rings. The van der Waals surface area contributed by atoms with Gasteiger partial charge in [-0.25, -0.2) is 9.59 Å². The lowest BCUT2D eigenvalue weighted by atomic mass is 10.0. The minimum absolute atomic E-state index is 0.127. The summed E-state index contributed by atoms with van der Waals surface area (Å²) in [4.78, 5) is 26.0. The second-order valence-corrected chi connectivity index (χ2v) is 8.37. The van der Waals surface area contributed by atoms with Crippen molar-refractivity contribution >= 4 is 11.9 Å². The molecule has 3 aromatic carbocycles. The Morgan fingerprint density at radius 2 is 1.42 bits per heavy atom. The number of esters is 2. The molecule has 0 bridgehead atoms. The number of ether oxygens (including phenoxy) is 7. The molecule has 0 amide bonds. The van der Waals surface area contributed by atoms with Gasteiger partial charge in [0.15, 0.2) is 13.6 Å². The Bertz CT molecular complexity index is 1270. The van der Waals surface area contributed by atoms with Gasteiger partial charge in [0.2, 0.25) is 0 Å². The van der Waals surface area contributed by atoms with Gasteiger partial charge in [0.25, 0.3) is 0 Å². The molecule has 0 atom stereocenters. The average Bonchev–Trinajstić information content (AvgIpc) is 2.92. The number of benzene rings is 3. The first-order chi connectivity index (χ1) is 18.3. The van der Waals surface area contributed by atoms with Gasteiger partial charge in [-0.05, 0) is 49.1 Å². The molecule has 0 spiro atoms. The topological polar surface area (TPSA) is 98.8 Å². The highest BCUT2D eigenvalue weighted by molar-refractivity contribution is 5.97. The predicted molar refractivity (Wildman–Crippen MR) is 139 cm³/mol. The SMILES string of the molecule is COCOC(=O)c1c(OCOC)cc(OC(=O)c2c(C)cc(OCc3ccccc3)cc2OC)c(C)c1C.